The number of aryl methyl sites for hydroxylation is 1. The van der Waals surface area contributed by atoms with Gasteiger partial charge in [0.2, 0.25) is 5.82 Å². The maximum Gasteiger partial charge on any atom is 0.233 e. The van der Waals surface area contributed by atoms with Crippen LogP contribution in [0.25, 0.3) is 0 Å². The van der Waals surface area contributed by atoms with Crippen LogP contribution >= 0.6 is 11.8 Å². The van der Waals surface area contributed by atoms with E-state index in [0.717, 1.165) is 10.6 Å². The molecule has 1 rings (SSSR count). The molecular formula is C7H7N3S. The predicted octanol–water partition coefficient (Wildman–Crippen LogP) is 1.38. The number of rotatable bonds is 1. The Kier molecular flexibility index (Phi) is 2.44. The van der Waals surface area contributed by atoms with E-state index >= 15 is 0 Å². The quantitative estimate of drug-likeness (QED) is 0.466. The van der Waals surface area contributed by atoms with E-state index in [-0.39, 0.29) is 5.82 Å². The molecule has 0 atom stereocenters. The first-order valence-corrected chi connectivity index (χ1v) is 4.28. The summed E-state index contributed by atoms with van der Waals surface area (Å²) in [4.78, 5) is 7.82. The SMILES string of the molecule is CSc1nc(C#N)ncc1C. The van der Waals surface area contributed by atoms with Gasteiger partial charge in [-0.25, -0.2) is 9.97 Å². The first-order chi connectivity index (χ1) is 5.27. The Hall–Kier alpha value is -1.08. The molecule has 0 N–H and O–H groups in total. The van der Waals surface area contributed by atoms with Crippen molar-refractivity contribution in [3.8, 4) is 6.07 Å². The Labute approximate surface area is 69.5 Å². The molecule has 0 aliphatic rings. The second-order valence-electron chi connectivity index (χ2n) is 2.00. The van der Waals surface area contributed by atoms with Crippen LogP contribution in [-0.2, 0) is 0 Å². The summed E-state index contributed by atoms with van der Waals surface area (Å²) >= 11 is 1.52. The number of thioether (sulfide) groups is 1. The van der Waals surface area contributed by atoms with Crippen LogP contribution in [0, 0.1) is 18.3 Å². The summed E-state index contributed by atoms with van der Waals surface area (Å²) < 4.78 is 0. The average Bonchev–Trinajstić information content (AvgIpc) is 2.05. The van der Waals surface area contributed by atoms with E-state index in [9.17, 15) is 0 Å². The first kappa shape index (κ1) is 8.02. The molecule has 1 aromatic rings. The molecule has 0 fully saturated rings. The van der Waals surface area contributed by atoms with Crippen LogP contribution in [0.2, 0.25) is 0 Å². The molecule has 0 unspecified atom stereocenters. The molecule has 1 heterocycles. The molecule has 0 saturated carbocycles. The minimum atomic E-state index is 0.236. The van der Waals surface area contributed by atoms with Gasteiger partial charge in [0.25, 0.3) is 0 Å². The molecule has 0 aliphatic carbocycles. The molecule has 4 heteroatoms. The van der Waals surface area contributed by atoms with E-state index in [2.05, 4.69) is 9.97 Å². The molecule has 1 aromatic heterocycles. The lowest BCUT2D eigenvalue weighted by Gasteiger charge is -1.98. The third-order valence-corrected chi connectivity index (χ3v) is 2.02. The van der Waals surface area contributed by atoms with E-state index in [1.54, 1.807) is 6.20 Å². The van der Waals surface area contributed by atoms with Crippen molar-refractivity contribution >= 4 is 11.8 Å². The molecule has 3 nitrogen and oxygen atoms in total. The topological polar surface area (TPSA) is 49.6 Å². The molecule has 0 amide bonds. The number of nitriles is 1. The van der Waals surface area contributed by atoms with Crippen molar-refractivity contribution in [2.24, 2.45) is 0 Å². The maximum absolute atomic E-state index is 8.46. The van der Waals surface area contributed by atoms with Gasteiger partial charge in [-0.2, -0.15) is 5.26 Å². The van der Waals surface area contributed by atoms with Crippen LogP contribution in [0.1, 0.15) is 11.4 Å². The van der Waals surface area contributed by atoms with Gasteiger partial charge in [0.05, 0.1) is 0 Å². The van der Waals surface area contributed by atoms with Crippen molar-refractivity contribution < 1.29 is 0 Å². The van der Waals surface area contributed by atoms with Crippen LogP contribution in [-0.4, -0.2) is 16.2 Å². The fourth-order valence-corrected chi connectivity index (χ4v) is 1.24. The van der Waals surface area contributed by atoms with E-state index in [4.69, 9.17) is 5.26 Å². The largest absolute Gasteiger partial charge is 0.233 e. The zero-order valence-corrected chi connectivity index (χ0v) is 7.14. The normalized spacial score (nSPS) is 9.18. The number of aromatic nitrogens is 2. The zero-order valence-electron chi connectivity index (χ0n) is 6.33. The Balaban J connectivity index is 3.15. The van der Waals surface area contributed by atoms with Gasteiger partial charge in [-0.1, -0.05) is 0 Å². The van der Waals surface area contributed by atoms with E-state index in [1.807, 2.05) is 19.2 Å². The van der Waals surface area contributed by atoms with Crippen molar-refractivity contribution in [2.45, 2.75) is 11.9 Å². The van der Waals surface area contributed by atoms with Crippen molar-refractivity contribution in [3.05, 3.63) is 17.6 Å². The zero-order chi connectivity index (χ0) is 8.27. The second-order valence-corrected chi connectivity index (χ2v) is 2.79. The molecule has 0 saturated heterocycles. The summed E-state index contributed by atoms with van der Waals surface area (Å²) in [5.41, 5.74) is 1.01. The van der Waals surface area contributed by atoms with Crippen molar-refractivity contribution in [1.82, 2.24) is 9.97 Å². The first-order valence-electron chi connectivity index (χ1n) is 3.05. The van der Waals surface area contributed by atoms with Crippen LogP contribution < -0.4 is 0 Å². The highest BCUT2D eigenvalue weighted by Gasteiger charge is 2.00. The van der Waals surface area contributed by atoms with Crippen molar-refractivity contribution in [2.75, 3.05) is 6.26 Å². The van der Waals surface area contributed by atoms with Gasteiger partial charge in [0.15, 0.2) is 0 Å². The number of hydrogen-bond donors (Lipinski definition) is 0. The Morgan fingerprint density at radius 1 is 1.64 bits per heavy atom. The van der Waals surface area contributed by atoms with Gasteiger partial charge < -0.3 is 0 Å². The predicted molar refractivity (Wildman–Crippen MR) is 43.3 cm³/mol. The van der Waals surface area contributed by atoms with Crippen LogP contribution in [0.5, 0.6) is 0 Å². The van der Waals surface area contributed by atoms with Gasteiger partial charge in [-0.3, -0.25) is 0 Å². The molecule has 0 bridgehead atoms. The Morgan fingerprint density at radius 3 is 2.91 bits per heavy atom. The fourth-order valence-electron chi connectivity index (χ4n) is 0.687. The third-order valence-electron chi connectivity index (χ3n) is 1.22. The highest BCUT2D eigenvalue weighted by atomic mass is 32.2. The van der Waals surface area contributed by atoms with E-state index < -0.39 is 0 Å². The average molecular weight is 165 g/mol. The van der Waals surface area contributed by atoms with Gasteiger partial charge in [0.1, 0.15) is 11.1 Å². The fraction of sp³-hybridized carbons (Fsp3) is 0.286. The van der Waals surface area contributed by atoms with Crippen LogP contribution in [0.3, 0.4) is 0 Å². The standard InChI is InChI=1S/C7H7N3S/c1-5-4-9-6(3-8)10-7(5)11-2/h4H,1-2H3. The van der Waals surface area contributed by atoms with Crippen molar-refractivity contribution in [1.29, 1.82) is 5.26 Å². The smallest absolute Gasteiger partial charge is 0.227 e. The monoisotopic (exact) mass is 165 g/mol. The Morgan fingerprint density at radius 2 is 2.36 bits per heavy atom. The van der Waals surface area contributed by atoms with Crippen molar-refractivity contribution in [3.63, 3.8) is 0 Å². The lowest BCUT2D eigenvalue weighted by molar-refractivity contribution is 0.977. The number of hydrogen-bond acceptors (Lipinski definition) is 4. The summed E-state index contributed by atoms with van der Waals surface area (Å²) in [6, 6.07) is 1.89. The van der Waals surface area contributed by atoms with Gasteiger partial charge in [-0.05, 0) is 18.7 Å². The molecule has 0 aromatic carbocycles. The van der Waals surface area contributed by atoms with Gasteiger partial charge >= 0.3 is 0 Å². The number of nitrogens with zero attached hydrogens (tertiary/aromatic N) is 3. The molecule has 0 radical (unpaired) electrons. The lowest BCUT2D eigenvalue weighted by Crippen LogP contribution is -1.92. The molecule has 11 heavy (non-hydrogen) atoms. The molecular weight excluding hydrogens is 158 g/mol. The molecule has 0 spiro atoms. The minimum absolute atomic E-state index is 0.236. The summed E-state index contributed by atoms with van der Waals surface area (Å²) in [5, 5.41) is 9.34. The van der Waals surface area contributed by atoms with Crippen LogP contribution in [0.15, 0.2) is 11.2 Å². The second kappa shape index (κ2) is 3.35. The summed E-state index contributed by atoms with van der Waals surface area (Å²) in [7, 11) is 0. The highest BCUT2D eigenvalue weighted by Crippen LogP contribution is 2.14. The highest BCUT2D eigenvalue weighted by molar-refractivity contribution is 7.98. The molecule has 56 valence electrons. The van der Waals surface area contributed by atoms with Gasteiger partial charge in [0, 0.05) is 6.20 Å². The van der Waals surface area contributed by atoms with Gasteiger partial charge in [-0.15, -0.1) is 11.8 Å². The van der Waals surface area contributed by atoms with E-state index in [1.165, 1.54) is 11.8 Å². The summed E-state index contributed by atoms with van der Waals surface area (Å²) in [6.45, 7) is 1.92. The third kappa shape index (κ3) is 1.69. The summed E-state index contributed by atoms with van der Waals surface area (Å²) in [6.07, 6.45) is 3.59. The van der Waals surface area contributed by atoms with Crippen LogP contribution in [0.4, 0.5) is 0 Å². The summed E-state index contributed by atoms with van der Waals surface area (Å²) in [5.74, 6) is 0.236. The molecule has 0 aliphatic heterocycles. The maximum atomic E-state index is 8.46. The lowest BCUT2D eigenvalue weighted by atomic mass is 10.4. The Bertz CT molecular complexity index is 303. The van der Waals surface area contributed by atoms with E-state index in [0.29, 0.717) is 0 Å². The minimum Gasteiger partial charge on any atom is -0.227 e.